The van der Waals surface area contributed by atoms with Crippen molar-refractivity contribution in [1.29, 1.82) is 0 Å². The van der Waals surface area contributed by atoms with Crippen LogP contribution >= 0.6 is 0 Å². The predicted octanol–water partition coefficient (Wildman–Crippen LogP) is 1.45. The molecule has 8 heteroatoms. The molecule has 2 heterocycles. The standard InChI is InChI=1S/C18H27N3O4S/c1-14-4-2-3-5-17(14)20-9-6-15(13-20)12-19-26(24,25)21-10-7-16(8-11-21)18(22)23/h2-5,15-16,19H,6-13H2,1H3,(H,22,23). The molecule has 2 aliphatic rings. The first-order valence-electron chi connectivity index (χ1n) is 9.15. The van der Waals surface area contributed by atoms with Gasteiger partial charge in [-0.25, -0.2) is 4.72 Å². The van der Waals surface area contributed by atoms with Crippen LogP contribution in [-0.4, -0.2) is 56.5 Å². The van der Waals surface area contributed by atoms with Crippen LogP contribution in [0.2, 0.25) is 0 Å². The monoisotopic (exact) mass is 381 g/mol. The van der Waals surface area contributed by atoms with Gasteiger partial charge >= 0.3 is 5.97 Å². The average Bonchev–Trinajstić information content (AvgIpc) is 3.09. The fraction of sp³-hybridized carbons (Fsp3) is 0.611. The molecule has 1 aromatic rings. The van der Waals surface area contributed by atoms with E-state index in [0.717, 1.165) is 19.5 Å². The number of carboxylic acids is 1. The van der Waals surface area contributed by atoms with Crippen LogP contribution in [0.4, 0.5) is 5.69 Å². The Labute approximate surface area is 155 Å². The van der Waals surface area contributed by atoms with E-state index in [1.165, 1.54) is 15.6 Å². The number of aryl methyl sites for hydroxylation is 1. The molecule has 1 aromatic carbocycles. The SMILES string of the molecule is Cc1ccccc1N1CCC(CNS(=O)(=O)N2CCC(C(=O)O)CC2)C1. The van der Waals surface area contributed by atoms with Crippen LogP contribution in [0.15, 0.2) is 24.3 Å². The van der Waals surface area contributed by atoms with E-state index in [2.05, 4.69) is 28.7 Å². The number of rotatable bonds is 6. The first-order chi connectivity index (χ1) is 12.4. The highest BCUT2D eigenvalue weighted by Gasteiger charge is 2.32. The van der Waals surface area contributed by atoms with Gasteiger partial charge in [0.25, 0.3) is 10.2 Å². The van der Waals surface area contributed by atoms with Crippen molar-refractivity contribution in [2.45, 2.75) is 26.2 Å². The maximum Gasteiger partial charge on any atom is 0.306 e. The number of para-hydroxylation sites is 1. The van der Waals surface area contributed by atoms with Gasteiger partial charge in [-0.2, -0.15) is 12.7 Å². The lowest BCUT2D eigenvalue weighted by atomic mass is 9.99. The number of piperidine rings is 1. The zero-order valence-corrected chi connectivity index (χ0v) is 15.9. The zero-order valence-electron chi connectivity index (χ0n) is 15.1. The summed E-state index contributed by atoms with van der Waals surface area (Å²) in [5, 5.41) is 9.02. The highest BCUT2D eigenvalue weighted by Crippen LogP contribution is 2.26. The summed E-state index contributed by atoms with van der Waals surface area (Å²) < 4.78 is 29.1. The second kappa shape index (κ2) is 7.94. The van der Waals surface area contributed by atoms with E-state index in [4.69, 9.17) is 5.11 Å². The van der Waals surface area contributed by atoms with Gasteiger partial charge < -0.3 is 10.0 Å². The predicted molar refractivity (Wildman–Crippen MR) is 100 cm³/mol. The van der Waals surface area contributed by atoms with Crippen molar-refractivity contribution in [2.75, 3.05) is 37.6 Å². The lowest BCUT2D eigenvalue weighted by Crippen LogP contribution is -2.47. The third-order valence-corrected chi connectivity index (χ3v) is 7.02. The van der Waals surface area contributed by atoms with Crippen LogP contribution in [0.3, 0.4) is 0 Å². The molecule has 0 spiro atoms. The molecule has 0 aliphatic carbocycles. The second-order valence-corrected chi connectivity index (χ2v) is 9.01. The number of nitrogens with zero attached hydrogens (tertiary/aromatic N) is 2. The Morgan fingerprint density at radius 2 is 1.88 bits per heavy atom. The molecule has 0 saturated carbocycles. The lowest BCUT2D eigenvalue weighted by molar-refractivity contribution is -0.142. The van der Waals surface area contributed by atoms with Crippen molar-refractivity contribution >= 4 is 21.9 Å². The molecule has 0 amide bonds. The third kappa shape index (κ3) is 4.36. The number of benzene rings is 1. The Hall–Kier alpha value is -1.64. The Kier molecular flexibility index (Phi) is 5.84. The Morgan fingerprint density at radius 3 is 2.54 bits per heavy atom. The summed E-state index contributed by atoms with van der Waals surface area (Å²) in [4.78, 5) is 13.3. The van der Waals surface area contributed by atoms with E-state index in [1.807, 2.05) is 12.1 Å². The number of hydrogen-bond donors (Lipinski definition) is 2. The maximum atomic E-state index is 12.5. The van der Waals surface area contributed by atoms with Crippen LogP contribution in [0.5, 0.6) is 0 Å². The van der Waals surface area contributed by atoms with Gasteiger partial charge in [-0.3, -0.25) is 4.79 Å². The summed E-state index contributed by atoms with van der Waals surface area (Å²) >= 11 is 0. The van der Waals surface area contributed by atoms with Crippen molar-refractivity contribution < 1.29 is 18.3 Å². The smallest absolute Gasteiger partial charge is 0.306 e. The van der Waals surface area contributed by atoms with Crippen LogP contribution in [0.25, 0.3) is 0 Å². The highest BCUT2D eigenvalue weighted by molar-refractivity contribution is 7.87. The zero-order chi connectivity index (χ0) is 18.7. The first kappa shape index (κ1) is 19.1. The summed E-state index contributed by atoms with van der Waals surface area (Å²) in [5.74, 6) is -0.989. The van der Waals surface area contributed by atoms with Crippen LogP contribution in [0.1, 0.15) is 24.8 Å². The minimum absolute atomic E-state index is 0.270. The minimum Gasteiger partial charge on any atom is -0.481 e. The first-order valence-corrected chi connectivity index (χ1v) is 10.6. The molecule has 3 rings (SSSR count). The van der Waals surface area contributed by atoms with Crippen LogP contribution < -0.4 is 9.62 Å². The third-order valence-electron chi connectivity index (χ3n) is 5.44. The van der Waals surface area contributed by atoms with Crippen molar-refractivity contribution in [1.82, 2.24) is 9.03 Å². The summed E-state index contributed by atoms with van der Waals surface area (Å²) in [7, 11) is -3.54. The summed E-state index contributed by atoms with van der Waals surface area (Å²) in [6.07, 6.45) is 1.71. The van der Waals surface area contributed by atoms with Gasteiger partial charge in [-0.15, -0.1) is 0 Å². The minimum atomic E-state index is -3.54. The fourth-order valence-electron chi connectivity index (χ4n) is 3.79. The summed E-state index contributed by atoms with van der Waals surface area (Å²) in [6, 6.07) is 8.24. The molecular formula is C18H27N3O4S. The number of carboxylic acid groups (broad SMARTS) is 1. The number of nitrogens with one attached hydrogen (secondary N) is 1. The van der Waals surface area contributed by atoms with E-state index in [1.54, 1.807) is 0 Å². The molecule has 1 atom stereocenters. The van der Waals surface area contributed by atoms with Gasteiger partial charge in [0, 0.05) is 38.4 Å². The molecule has 0 radical (unpaired) electrons. The molecule has 2 N–H and O–H groups in total. The normalized spacial score (nSPS) is 22.7. The fourth-order valence-corrected chi connectivity index (χ4v) is 5.11. The van der Waals surface area contributed by atoms with Crippen molar-refractivity contribution in [3.8, 4) is 0 Å². The lowest BCUT2D eigenvalue weighted by Gasteiger charge is -2.29. The van der Waals surface area contributed by atoms with Crippen LogP contribution in [0, 0.1) is 18.8 Å². The van der Waals surface area contributed by atoms with Gasteiger partial charge in [-0.1, -0.05) is 18.2 Å². The van der Waals surface area contributed by atoms with Gasteiger partial charge in [0.15, 0.2) is 0 Å². The topological polar surface area (TPSA) is 90.0 Å². The van der Waals surface area contributed by atoms with E-state index < -0.39 is 22.1 Å². The molecule has 1 unspecified atom stereocenters. The highest BCUT2D eigenvalue weighted by atomic mass is 32.2. The van der Waals surface area contributed by atoms with Crippen molar-refractivity contribution in [3.05, 3.63) is 29.8 Å². The molecule has 0 bridgehead atoms. The quantitative estimate of drug-likeness (QED) is 0.778. The van der Waals surface area contributed by atoms with Gasteiger partial charge in [-0.05, 0) is 43.7 Å². The number of aliphatic carboxylic acids is 1. The number of hydrogen-bond acceptors (Lipinski definition) is 4. The summed E-state index contributed by atoms with van der Waals surface area (Å²) in [5.41, 5.74) is 2.45. The van der Waals surface area contributed by atoms with E-state index >= 15 is 0 Å². The average molecular weight is 381 g/mol. The molecule has 2 aliphatic heterocycles. The van der Waals surface area contributed by atoms with E-state index in [0.29, 0.717) is 19.4 Å². The Bertz CT molecular complexity index is 745. The summed E-state index contributed by atoms with van der Waals surface area (Å²) in [6.45, 7) is 4.82. The Balaban J connectivity index is 1.50. The van der Waals surface area contributed by atoms with E-state index in [9.17, 15) is 13.2 Å². The van der Waals surface area contributed by atoms with E-state index in [-0.39, 0.29) is 19.0 Å². The molecule has 2 fully saturated rings. The molecular weight excluding hydrogens is 354 g/mol. The number of anilines is 1. The largest absolute Gasteiger partial charge is 0.481 e. The van der Waals surface area contributed by atoms with Crippen molar-refractivity contribution in [3.63, 3.8) is 0 Å². The maximum absolute atomic E-state index is 12.5. The molecule has 26 heavy (non-hydrogen) atoms. The molecule has 7 nitrogen and oxygen atoms in total. The van der Waals surface area contributed by atoms with Gasteiger partial charge in [0.2, 0.25) is 0 Å². The molecule has 2 saturated heterocycles. The second-order valence-electron chi connectivity index (χ2n) is 7.25. The molecule has 144 valence electrons. The molecule has 0 aromatic heterocycles. The van der Waals surface area contributed by atoms with Crippen molar-refractivity contribution in [2.24, 2.45) is 11.8 Å². The van der Waals surface area contributed by atoms with Gasteiger partial charge in [0.1, 0.15) is 0 Å². The number of carbonyl (C=O) groups is 1. The Morgan fingerprint density at radius 1 is 1.19 bits per heavy atom. The van der Waals surface area contributed by atoms with Crippen LogP contribution in [-0.2, 0) is 15.0 Å². The van der Waals surface area contributed by atoms with Gasteiger partial charge in [0.05, 0.1) is 5.92 Å².